The molecule has 0 aliphatic rings. The van der Waals surface area contributed by atoms with Crippen molar-refractivity contribution in [3.8, 4) is 16.9 Å². The lowest BCUT2D eigenvalue weighted by Gasteiger charge is -2.11. The van der Waals surface area contributed by atoms with E-state index in [1.54, 1.807) is 37.3 Å². The van der Waals surface area contributed by atoms with Crippen LogP contribution in [0.15, 0.2) is 46.9 Å². The highest BCUT2D eigenvalue weighted by atomic mass is 79.9. The predicted molar refractivity (Wildman–Crippen MR) is 112 cm³/mol. The van der Waals surface area contributed by atoms with E-state index >= 15 is 0 Å². The molecule has 140 valence electrons. The van der Waals surface area contributed by atoms with Crippen LogP contribution in [0.3, 0.4) is 0 Å². The molecule has 0 amide bonds. The van der Waals surface area contributed by atoms with Crippen molar-refractivity contribution in [2.24, 2.45) is 0 Å². The molecule has 1 aromatic heterocycles. The van der Waals surface area contributed by atoms with Gasteiger partial charge in [-0.25, -0.2) is 9.48 Å². The number of hydrogen-bond acceptors (Lipinski definition) is 3. The highest BCUT2D eigenvalue weighted by Crippen LogP contribution is 2.34. The third kappa shape index (κ3) is 4.05. The molecule has 1 heterocycles. The van der Waals surface area contributed by atoms with E-state index < -0.39 is 12.8 Å². The molecule has 0 radical (unpaired) electrons. The van der Waals surface area contributed by atoms with Gasteiger partial charge in [-0.05, 0) is 43.7 Å². The molecule has 3 aromatic rings. The molecular formula is C20H17BrCl2N2O2. The maximum atomic E-state index is 12.6. The van der Waals surface area contributed by atoms with Crippen LogP contribution in [0, 0.1) is 0 Å². The Balaban J connectivity index is 2.35. The second-order valence-electron chi connectivity index (χ2n) is 5.59. The second kappa shape index (κ2) is 8.46. The van der Waals surface area contributed by atoms with Gasteiger partial charge in [-0.15, -0.1) is 0 Å². The molecule has 0 fully saturated rings. The van der Waals surface area contributed by atoms with Gasteiger partial charge >= 0.3 is 5.97 Å². The standard InChI is InChI=1S/C20H17BrCl2N2O2/c1-3-15-18(20(26)27-4-2)24-25(17-10-9-14(22)11-16(17)23)19(15)12-5-7-13(21)8-6-12/h5-11H,3-4H2,1-2H3/i1D3. The maximum absolute atomic E-state index is 12.6. The Labute approximate surface area is 180 Å². The van der Waals surface area contributed by atoms with E-state index in [1.165, 1.54) is 4.68 Å². The first-order chi connectivity index (χ1) is 14.1. The Hall–Kier alpha value is -1.82. The minimum atomic E-state index is -2.33. The number of hydrogen-bond donors (Lipinski definition) is 0. The average molecular weight is 471 g/mol. The molecule has 0 atom stereocenters. The number of ether oxygens (including phenoxy) is 1. The topological polar surface area (TPSA) is 44.1 Å². The van der Waals surface area contributed by atoms with Gasteiger partial charge in [-0.2, -0.15) is 5.10 Å². The third-order valence-corrected chi connectivity index (χ3v) is 4.95. The summed E-state index contributed by atoms with van der Waals surface area (Å²) < 4.78 is 30.8. The number of esters is 1. The number of aromatic nitrogens is 2. The van der Waals surface area contributed by atoms with E-state index in [2.05, 4.69) is 21.0 Å². The quantitative estimate of drug-likeness (QED) is 0.408. The van der Waals surface area contributed by atoms with Crippen LogP contribution in [0.1, 0.15) is 33.9 Å². The highest BCUT2D eigenvalue weighted by molar-refractivity contribution is 9.10. The van der Waals surface area contributed by atoms with E-state index in [-0.39, 0.29) is 24.3 Å². The summed E-state index contributed by atoms with van der Waals surface area (Å²) in [6.07, 6.45) is -0.363. The summed E-state index contributed by atoms with van der Waals surface area (Å²) >= 11 is 15.8. The van der Waals surface area contributed by atoms with Crippen LogP contribution in [0.4, 0.5) is 0 Å². The molecule has 2 aromatic carbocycles. The van der Waals surface area contributed by atoms with Gasteiger partial charge in [0.05, 0.1) is 23.0 Å². The van der Waals surface area contributed by atoms with Gasteiger partial charge in [0.15, 0.2) is 5.69 Å². The lowest BCUT2D eigenvalue weighted by Crippen LogP contribution is -2.08. The van der Waals surface area contributed by atoms with Crippen LogP contribution in [-0.4, -0.2) is 22.4 Å². The fourth-order valence-electron chi connectivity index (χ4n) is 2.71. The first-order valence-electron chi connectivity index (χ1n) is 9.61. The summed E-state index contributed by atoms with van der Waals surface area (Å²) in [5, 5.41) is 5.17. The highest BCUT2D eigenvalue weighted by Gasteiger charge is 2.25. The van der Waals surface area contributed by atoms with E-state index in [0.717, 1.165) is 4.47 Å². The zero-order valence-electron chi connectivity index (χ0n) is 17.3. The smallest absolute Gasteiger partial charge is 0.359 e. The molecular weight excluding hydrogens is 451 g/mol. The van der Waals surface area contributed by atoms with Gasteiger partial charge in [0.25, 0.3) is 0 Å². The average Bonchev–Trinajstić information content (AvgIpc) is 3.00. The SMILES string of the molecule is [2H]C([2H])([2H])Cc1c(C(=O)OCC)nn(-c2ccc(Cl)cc2Cl)c1-c1ccc(Br)cc1. The molecule has 7 heteroatoms. The molecule has 0 bridgehead atoms. The van der Waals surface area contributed by atoms with Crippen LogP contribution < -0.4 is 0 Å². The minimum absolute atomic E-state index is 0.0584. The fraction of sp³-hybridized carbons (Fsp3) is 0.200. The Morgan fingerprint density at radius 3 is 2.63 bits per heavy atom. The lowest BCUT2D eigenvalue weighted by molar-refractivity contribution is 0.0517. The number of benzene rings is 2. The van der Waals surface area contributed by atoms with Crippen molar-refractivity contribution >= 4 is 45.1 Å². The molecule has 0 saturated heterocycles. The van der Waals surface area contributed by atoms with Crippen molar-refractivity contribution in [3.63, 3.8) is 0 Å². The number of nitrogens with zero attached hydrogens (tertiary/aromatic N) is 2. The van der Waals surface area contributed by atoms with Crippen LogP contribution in [0.25, 0.3) is 16.9 Å². The van der Waals surface area contributed by atoms with Crippen molar-refractivity contribution in [2.45, 2.75) is 20.2 Å². The normalized spacial score (nSPS) is 13.0. The minimum Gasteiger partial charge on any atom is -0.461 e. The van der Waals surface area contributed by atoms with Crippen LogP contribution in [0.2, 0.25) is 10.0 Å². The first kappa shape index (κ1) is 16.2. The Morgan fingerprint density at radius 1 is 1.26 bits per heavy atom. The van der Waals surface area contributed by atoms with Gasteiger partial charge in [0, 0.05) is 24.7 Å². The summed E-state index contributed by atoms with van der Waals surface area (Å²) in [5.41, 5.74) is 1.79. The molecule has 0 unspecified atom stereocenters. The van der Waals surface area contributed by atoms with Crippen LogP contribution in [0.5, 0.6) is 0 Å². The van der Waals surface area contributed by atoms with Crippen molar-refractivity contribution in [1.29, 1.82) is 0 Å². The van der Waals surface area contributed by atoms with Crippen molar-refractivity contribution in [3.05, 3.63) is 68.2 Å². The number of carbonyl (C=O) groups is 1. The predicted octanol–water partition coefficient (Wildman–Crippen LogP) is 6.35. The zero-order valence-corrected chi connectivity index (χ0v) is 17.4. The molecule has 0 aliphatic carbocycles. The molecule has 0 saturated carbocycles. The summed E-state index contributed by atoms with van der Waals surface area (Å²) in [5.74, 6) is -0.695. The summed E-state index contributed by atoms with van der Waals surface area (Å²) in [6, 6.07) is 12.1. The molecule has 0 aliphatic heterocycles. The summed E-state index contributed by atoms with van der Waals surface area (Å²) in [7, 11) is 0. The van der Waals surface area contributed by atoms with Gasteiger partial charge in [0.1, 0.15) is 0 Å². The van der Waals surface area contributed by atoms with Crippen LogP contribution in [-0.2, 0) is 11.2 Å². The Bertz CT molecular complexity index is 1080. The van der Waals surface area contributed by atoms with Gasteiger partial charge < -0.3 is 4.74 Å². The lowest BCUT2D eigenvalue weighted by atomic mass is 10.0. The van der Waals surface area contributed by atoms with E-state index in [1.807, 2.05) is 12.1 Å². The van der Waals surface area contributed by atoms with E-state index in [0.29, 0.717) is 27.0 Å². The maximum Gasteiger partial charge on any atom is 0.359 e. The molecule has 4 nitrogen and oxygen atoms in total. The summed E-state index contributed by atoms with van der Waals surface area (Å²) in [6.45, 7) is -0.527. The van der Waals surface area contributed by atoms with Crippen LogP contribution >= 0.6 is 39.1 Å². The zero-order chi connectivity index (χ0) is 22.1. The molecule has 0 spiro atoms. The van der Waals surface area contributed by atoms with Gasteiger partial charge in [-0.3, -0.25) is 0 Å². The third-order valence-electron chi connectivity index (χ3n) is 3.88. The van der Waals surface area contributed by atoms with Crippen molar-refractivity contribution in [1.82, 2.24) is 9.78 Å². The first-order valence-corrected chi connectivity index (χ1v) is 9.66. The summed E-state index contributed by atoms with van der Waals surface area (Å²) in [4.78, 5) is 12.6. The molecule has 0 N–H and O–H groups in total. The van der Waals surface area contributed by atoms with E-state index in [9.17, 15) is 4.79 Å². The Kier molecular flexibility index (Phi) is 5.07. The van der Waals surface area contributed by atoms with Gasteiger partial charge in [0.2, 0.25) is 0 Å². The molecule has 3 rings (SSSR count). The number of halogens is 3. The number of carbonyl (C=O) groups excluding carboxylic acids is 1. The van der Waals surface area contributed by atoms with Crippen molar-refractivity contribution < 1.29 is 13.6 Å². The second-order valence-corrected chi connectivity index (χ2v) is 7.35. The van der Waals surface area contributed by atoms with Crippen molar-refractivity contribution in [2.75, 3.05) is 6.61 Å². The largest absolute Gasteiger partial charge is 0.461 e. The Morgan fingerprint density at radius 2 is 2.00 bits per heavy atom. The van der Waals surface area contributed by atoms with E-state index in [4.69, 9.17) is 32.1 Å². The molecule has 27 heavy (non-hydrogen) atoms. The number of rotatable bonds is 5. The monoisotopic (exact) mass is 469 g/mol. The van der Waals surface area contributed by atoms with Gasteiger partial charge in [-0.1, -0.05) is 58.1 Å². The fourth-order valence-corrected chi connectivity index (χ4v) is 3.47.